The molecule has 0 radical (unpaired) electrons. The second-order valence-corrected chi connectivity index (χ2v) is 4.38. The van der Waals surface area contributed by atoms with E-state index >= 15 is 0 Å². The van der Waals surface area contributed by atoms with E-state index in [0.29, 0.717) is 29.6 Å². The van der Waals surface area contributed by atoms with Crippen LogP contribution in [-0.2, 0) is 0 Å². The van der Waals surface area contributed by atoms with Crippen LogP contribution in [0.2, 0.25) is 0 Å². The number of nitrogens with one attached hydrogen (secondary N) is 1. The lowest BCUT2D eigenvalue weighted by molar-refractivity contribution is 0.315. The van der Waals surface area contributed by atoms with Crippen LogP contribution in [0.4, 0.5) is 5.82 Å². The van der Waals surface area contributed by atoms with E-state index in [1.165, 1.54) is 19.7 Å². The maximum Gasteiger partial charge on any atom is 0.218 e. The second-order valence-electron chi connectivity index (χ2n) is 4.38. The van der Waals surface area contributed by atoms with Crippen LogP contribution in [0.15, 0.2) is 35.7 Å². The Morgan fingerprint density at radius 1 is 1.32 bits per heavy atom. The summed E-state index contributed by atoms with van der Waals surface area (Å²) in [6, 6.07) is 6.68. The van der Waals surface area contributed by atoms with Gasteiger partial charge in [-0.25, -0.2) is 9.97 Å². The molecule has 22 heavy (non-hydrogen) atoms. The number of aromatic nitrogens is 2. The molecule has 0 aliphatic rings. The van der Waals surface area contributed by atoms with Crippen molar-refractivity contribution in [2.45, 2.75) is 13.3 Å². The normalized spacial score (nSPS) is 10.6. The lowest BCUT2D eigenvalue weighted by atomic mass is 10.2. The molecule has 1 heterocycles. The minimum atomic E-state index is 0.0967. The van der Waals surface area contributed by atoms with E-state index in [1.54, 1.807) is 24.3 Å². The minimum Gasteiger partial charge on any atom is -0.507 e. The number of benzene rings is 1. The van der Waals surface area contributed by atoms with Gasteiger partial charge in [-0.05, 0) is 18.6 Å². The molecule has 1 aromatic heterocycles. The number of methoxy groups -OCH3 is 1. The number of nitrogens with zero attached hydrogens (tertiary/aromatic N) is 3. The lowest BCUT2D eigenvalue weighted by Gasteiger charge is -2.06. The molecule has 0 amide bonds. The Morgan fingerprint density at radius 3 is 2.91 bits per heavy atom. The van der Waals surface area contributed by atoms with Crippen molar-refractivity contribution in [3.63, 3.8) is 0 Å². The van der Waals surface area contributed by atoms with Crippen LogP contribution in [0.3, 0.4) is 0 Å². The third kappa shape index (κ3) is 4.34. The van der Waals surface area contributed by atoms with Gasteiger partial charge in [-0.1, -0.05) is 6.92 Å². The topological polar surface area (TPSA) is 88.9 Å². The average molecular weight is 302 g/mol. The number of hydrazone groups is 1. The standard InChI is InChI=1S/C15H18N4O3/c1-3-6-22-12-5-4-11(13(20)7-12)9-18-19-14-8-15(21-2)17-10-16-14/h4-5,7-10,20H,3,6H2,1-2H3,(H,16,17,19). The molecule has 2 aromatic rings. The van der Waals surface area contributed by atoms with Crippen LogP contribution in [0.25, 0.3) is 0 Å². The van der Waals surface area contributed by atoms with Gasteiger partial charge in [0.1, 0.15) is 17.8 Å². The molecule has 0 spiro atoms. The predicted molar refractivity (Wildman–Crippen MR) is 83.7 cm³/mol. The predicted octanol–water partition coefficient (Wildman–Crippen LogP) is 2.43. The summed E-state index contributed by atoms with van der Waals surface area (Å²) >= 11 is 0. The van der Waals surface area contributed by atoms with Gasteiger partial charge in [0.15, 0.2) is 5.82 Å². The van der Waals surface area contributed by atoms with Crippen LogP contribution in [-0.4, -0.2) is 35.0 Å². The largest absolute Gasteiger partial charge is 0.507 e. The molecule has 2 rings (SSSR count). The highest BCUT2D eigenvalue weighted by molar-refractivity contribution is 5.84. The fraction of sp³-hybridized carbons (Fsp3) is 0.267. The summed E-state index contributed by atoms with van der Waals surface area (Å²) in [6.45, 7) is 2.64. The zero-order valence-electron chi connectivity index (χ0n) is 12.5. The first kappa shape index (κ1) is 15.6. The highest BCUT2D eigenvalue weighted by atomic mass is 16.5. The van der Waals surface area contributed by atoms with E-state index in [1.807, 2.05) is 6.92 Å². The van der Waals surface area contributed by atoms with Crippen molar-refractivity contribution in [3.8, 4) is 17.4 Å². The Bertz CT molecular complexity index is 646. The summed E-state index contributed by atoms with van der Waals surface area (Å²) in [5, 5.41) is 13.9. The molecule has 0 atom stereocenters. The molecule has 0 saturated heterocycles. The molecule has 7 nitrogen and oxygen atoms in total. The number of hydrogen-bond donors (Lipinski definition) is 2. The Hall–Kier alpha value is -2.83. The molecule has 0 bridgehead atoms. The minimum absolute atomic E-state index is 0.0967. The molecule has 116 valence electrons. The highest BCUT2D eigenvalue weighted by Gasteiger charge is 2.02. The summed E-state index contributed by atoms with van der Waals surface area (Å²) in [6.07, 6.45) is 3.78. The van der Waals surface area contributed by atoms with Crippen molar-refractivity contribution in [1.29, 1.82) is 0 Å². The van der Waals surface area contributed by atoms with Gasteiger partial charge < -0.3 is 14.6 Å². The SMILES string of the molecule is CCCOc1ccc(C=NNc2cc(OC)ncn2)c(O)c1. The monoisotopic (exact) mass is 302 g/mol. The van der Waals surface area contributed by atoms with Crippen LogP contribution < -0.4 is 14.9 Å². The molecule has 1 aromatic carbocycles. The Balaban J connectivity index is 2.00. The van der Waals surface area contributed by atoms with E-state index in [4.69, 9.17) is 9.47 Å². The molecule has 0 aliphatic heterocycles. The van der Waals surface area contributed by atoms with E-state index in [2.05, 4.69) is 20.5 Å². The number of rotatable bonds is 7. The summed E-state index contributed by atoms with van der Waals surface area (Å²) in [5.74, 6) is 1.66. The summed E-state index contributed by atoms with van der Waals surface area (Å²) < 4.78 is 10.4. The van der Waals surface area contributed by atoms with E-state index < -0.39 is 0 Å². The maximum atomic E-state index is 9.93. The van der Waals surface area contributed by atoms with Gasteiger partial charge >= 0.3 is 0 Å². The fourth-order valence-electron chi connectivity index (χ4n) is 1.62. The van der Waals surface area contributed by atoms with Gasteiger partial charge in [0.25, 0.3) is 0 Å². The van der Waals surface area contributed by atoms with Crippen LogP contribution in [0, 0.1) is 0 Å². The first-order valence-corrected chi connectivity index (χ1v) is 6.84. The molecule has 2 N–H and O–H groups in total. The van der Waals surface area contributed by atoms with Crippen molar-refractivity contribution in [2.75, 3.05) is 19.1 Å². The van der Waals surface area contributed by atoms with Crippen LogP contribution >= 0.6 is 0 Å². The van der Waals surface area contributed by atoms with Crippen molar-refractivity contribution in [3.05, 3.63) is 36.2 Å². The van der Waals surface area contributed by atoms with Crippen molar-refractivity contribution >= 4 is 12.0 Å². The van der Waals surface area contributed by atoms with Gasteiger partial charge in [-0.2, -0.15) is 5.10 Å². The van der Waals surface area contributed by atoms with E-state index in [9.17, 15) is 5.11 Å². The van der Waals surface area contributed by atoms with Crippen molar-refractivity contribution in [1.82, 2.24) is 9.97 Å². The molecular weight excluding hydrogens is 284 g/mol. The zero-order chi connectivity index (χ0) is 15.8. The lowest BCUT2D eigenvalue weighted by Crippen LogP contribution is -1.97. The van der Waals surface area contributed by atoms with Crippen LogP contribution in [0.5, 0.6) is 17.4 Å². The first-order valence-electron chi connectivity index (χ1n) is 6.84. The number of aromatic hydroxyl groups is 1. The first-order chi connectivity index (χ1) is 10.7. The molecule has 0 saturated carbocycles. The van der Waals surface area contributed by atoms with Crippen LogP contribution in [0.1, 0.15) is 18.9 Å². The molecule has 7 heteroatoms. The second kappa shape index (κ2) is 7.82. The molecule has 0 fully saturated rings. The smallest absolute Gasteiger partial charge is 0.218 e. The number of ether oxygens (including phenoxy) is 2. The Labute approximate surface area is 128 Å². The van der Waals surface area contributed by atoms with E-state index in [-0.39, 0.29) is 5.75 Å². The molecule has 0 unspecified atom stereocenters. The van der Waals surface area contributed by atoms with Gasteiger partial charge in [0.2, 0.25) is 5.88 Å². The number of anilines is 1. The highest BCUT2D eigenvalue weighted by Crippen LogP contribution is 2.22. The van der Waals surface area contributed by atoms with Gasteiger partial charge in [0.05, 0.1) is 19.9 Å². The number of phenolic OH excluding ortho intramolecular Hbond substituents is 1. The third-order valence-corrected chi connectivity index (χ3v) is 2.71. The van der Waals surface area contributed by atoms with Crippen molar-refractivity contribution in [2.24, 2.45) is 5.10 Å². The molecular formula is C15H18N4O3. The Kier molecular flexibility index (Phi) is 5.53. The Morgan fingerprint density at radius 2 is 2.18 bits per heavy atom. The van der Waals surface area contributed by atoms with Gasteiger partial charge in [-0.3, -0.25) is 5.43 Å². The summed E-state index contributed by atoms with van der Waals surface area (Å²) in [7, 11) is 1.52. The van der Waals surface area contributed by atoms with Gasteiger partial charge in [-0.15, -0.1) is 0 Å². The summed E-state index contributed by atoms with van der Waals surface area (Å²) in [4.78, 5) is 7.88. The van der Waals surface area contributed by atoms with Gasteiger partial charge in [0, 0.05) is 17.7 Å². The quantitative estimate of drug-likeness (QED) is 0.603. The maximum absolute atomic E-state index is 9.93. The van der Waals surface area contributed by atoms with E-state index in [0.717, 1.165) is 6.42 Å². The average Bonchev–Trinajstić information content (AvgIpc) is 2.55. The number of hydrogen-bond acceptors (Lipinski definition) is 7. The fourth-order valence-corrected chi connectivity index (χ4v) is 1.62. The van der Waals surface area contributed by atoms with Crippen molar-refractivity contribution < 1.29 is 14.6 Å². The zero-order valence-corrected chi connectivity index (χ0v) is 12.5. The summed E-state index contributed by atoms with van der Waals surface area (Å²) in [5.41, 5.74) is 3.31. The third-order valence-electron chi connectivity index (χ3n) is 2.71. The molecule has 0 aliphatic carbocycles. The number of phenols is 1.